The van der Waals surface area contributed by atoms with Crippen LogP contribution in [0.25, 0.3) is 0 Å². The molecule has 1 rings (SSSR count). The number of hydrogen-bond donors (Lipinski definition) is 1. The molecule has 0 aromatic carbocycles. The van der Waals surface area contributed by atoms with Crippen LogP contribution in [0.2, 0.25) is 0 Å². The molecule has 0 saturated carbocycles. The van der Waals surface area contributed by atoms with E-state index in [4.69, 9.17) is 10.2 Å². The molecular formula is C7H8NO2. The Bertz CT molecular complexity index is 193. The molecule has 1 radical (unpaired) electrons. The average Bonchev–Trinajstić information content (AvgIpc) is 2.40. The second kappa shape index (κ2) is 3.17. The van der Waals surface area contributed by atoms with Crippen LogP contribution in [-0.4, -0.2) is 12.3 Å². The van der Waals surface area contributed by atoms with E-state index in [2.05, 4.69) is 0 Å². The van der Waals surface area contributed by atoms with Crippen molar-refractivity contribution in [2.24, 2.45) is 5.73 Å². The second-order valence-corrected chi connectivity index (χ2v) is 2.01. The van der Waals surface area contributed by atoms with Gasteiger partial charge >= 0.3 is 0 Å². The summed E-state index contributed by atoms with van der Waals surface area (Å²) in [6, 6.07) is 2.97. The van der Waals surface area contributed by atoms with Crippen molar-refractivity contribution in [3.05, 3.63) is 24.2 Å². The third-order valence-corrected chi connectivity index (χ3v) is 1.15. The van der Waals surface area contributed by atoms with Gasteiger partial charge in [0.15, 0.2) is 0 Å². The Hall–Kier alpha value is -1.09. The zero-order chi connectivity index (χ0) is 7.40. The summed E-state index contributed by atoms with van der Waals surface area (Å²) in [5.74, 6) is 0.718. The molecule has 10 heavy (non-hydrogen) atoms. The Balaban J connectivity index is 2.47. The van der Waals surface area contributed by atoms with Crippen molar-refractivity contribution in [3.8, 4) is 0 Å². The smallest absolute Gasteiger partial charge is 0.217 e. The maximum absolute atomic E-state index is 9.94. The molecule has 0 unspecified atom stereocenters. The van der Waals surface area contributed by atoms with E-state index in [1.165, 1.54) is 0 Å². The van der Waals surface area contributed by atoms with Gasteiger partial charge < -0.3 is 10.2 Å². The molecule has 0 aliphatic carbocycles. The fraction of sp³-hybridized carbons (Fsp3) is 0.286. The first-order valence-corrected chi connectivity index (χ1v) is 2.98. The van der Waals surface area contributed by atoms with Crippen LogP contribution < -0.4 is 5.73 Å². The topological polar surface area (TPSA) is 56.2 Å². The number of nitrogens with two attached hydrogens (primary N) is 1. The highest BCUT2D eigenvalue weighted by Gasteiger charge is 2.03. The maximum Gasteiger partial charge on any atom is 0.217 e. The predicted molar refractivity (Wildman–Crippen MR) is 36.1 cm³/mol. The van der Waals surface area contributed by atoms with E-state index in [1.54, 1.807) is 24.7 Å². The van der Waals surface area contributed by atoms with Crippen molar-refractivity contribution >= 4 is 6.29 Å². The number of hydrogen-bond acceptors (Lipinski definition) is 3. The van der Waals surface area contributed by atoms with Crippen molar-refractivity contribution in [1.29, 1.82) is 0 Å². The minimum absolute atomic E-state index is 0.427. The molecule has 1 heterocycles. The van der Waals surface area contributed by atoms with Gasteiger partial charge in [-0.2, -0.15) is 0 Å². The zero-order valence-corrected chi connectivity index (χ0v) is 5.41. The monoisotopic (exact) mass is 138 g/mol. The Morgan fingerprint density at radius 3 is 3.10 bits per heavy atom. The quantitative estimate of drug-likeness (QED) is 0.651. The number of furan rings is 1. The lowest BCUT2D eigenvalue weighted by Crippen LogP contribution is -2.23. The third kappa shape index (κ3) is 1.70. The SMILES string of the molecule is N[C@H]([C]=O)Cc1ccco1. The molecular weight excluding hydrogens is 130 g/mol. The molecule has 0 aliphatic rings. The fourth-order valence-corrected chi connectivity index (χ4v) is 0.687. The normalized spacial score (nSPS) is 12.9. The van der Waals surface area contributed by atoms with E-state index in [0.717, 1.165) is 5.76 Å². The summed E-state index contributed by atoms with van der Waals surface area (Å²) in [7, 11) is 0. The summed E-state index contributed by atoms with van der Waals surface area (Å²) < 4.78 is 4.95. The van der Waals surface area contributed by atoms with E-state index in [9.17, 15) is 4.79 Å². The summed E-state index contributed by atoms with van der Waals surface area (Å²) in [5, 5.41) is 0. The molecule has 0 bridgehead atoms. The average molecular weight is 138 g/mol. The summed E-state index contributed by atoms with van der Waals surface area (Å²) in [4.78, 5) is 9.94. The van der Waals surface area contributed by atoms with Gasteiger partial charge in [-0.15, -0.1) is 0 Å². The molecule has 3 heteroatoms. The molecule has 0 amide bonds. The van der Waals surface area contributed by atoms with E-state index in [1.807, 2.05) is 0 Å². The number of rotatable bonds is 3. The molecule has 53 valence electrons. The predicted octanol–water partition coefficient (Wildman–Crippen LogP) is 0.259. The van der Waals surface area contributed by atoms with Crippen molar-refractivity contribution in [3.63, 3.8) is 0 Å². The van der Waals surface area contributed by atoms with Crippen LogP contribution in [0.1, 0.15) is 5.76 Å². The van der Waals surface area contributed by atoms with Crippen LogP contribution in [0.5, 0.6) is 0 Å². The Kier molecular flexibility index (Phi) is 2.23. The summed E-state index contributed by atoms with van der Waals surface area (Å²) >= 11 is 0. The van der Waals surface area contributed by atoms with E-state index < -0.39 is 6.04 Å². The van der Waals surface area contributed by atoms with Crippen molar-refractivity contribution in [1.82, 2.24) is 0 Å². The standard InChI is InChI=1S/C7H8NO2/c8-6(5-9)4-7-2-1-3-10-7/h1-3,6H,4,8H2/t6-/m0/s1. The molecule has 0 spiro atoms. The van der Waals surface area contributed by atoms with Gasteiger partial charge in [-0.1, -0.05) is 0 Å². The first-order valence-electron chi connectivity index (χ1n) is 2.98. The van der Waals surface area contributed by atoms with Gasteiger partial charge in [0, 0.05) is 6.42 Å². The fourth-order valence-electron chi connectivity index (χ4n) is 0.687. The van der Waals surface area contributed by atoms with Gasteiger partial charge in [0.05, 0.1) is 12.3 Å². The lowest BCUT2D eigenvalue weighted by Gasteiger charge is -1.96. The van der Waals surface area contributed by atoms with E-state index in [0.29, 0.717) is 6.42 Å². The highest BCUT2D eigenvalue weighted by atomic mass is 16.3. The first kappa shape index (κ1) is 7.02. The minimum Gasteiger partial charge on any atom is -0.469 e. The van der Waals surface area contributed by atoms with Gasteiger partial charge in [0.25, 0.3) is 0 Å². The van der Waals surface area contributed by atoms with Gasteiger partial charge in [0.1, 0.15) is 5.76 Å². The lowest BCUT2D eigenvalue weighted by molar-refractivity contribution is 0.491. The Morgan fingerprint density at radius 1 is 1.80 bits per heavy atom. The van der Waals surface area contributed by atoms with Crippen molar-refractivity contribution < 1.29 is 9.21 Å². The molecule has 0 fully saturated rings. The molecule has 3 nitrogen and oxygen atoms in total. The third-order valence-electron chi connectivity index (χ3n) is 1.15. The van der Waals surface area contributed by atoms with Crippen LogP contribution >= 0.6 is 0 Å². The Labute approximate surface area is 58.8 Å². The van der Waals surface area contributed by atoms with Gasteiger partial charge in [-0.25, -0.2) is 0 Å². The molecule has 1 atom stereocenters. The molecule has 2 N–H and O–H groups in total. The van der Waals surface area contributed by atoms with Gasteiger partial charge in [0.2, 0.25) is 6.29 Å². The molecule has 0 saturated heterocycles. The second-order valence-electron chi connectivity index (χ2n) is 2.01. The lowest BCUT2D eigenvalue weighted by atomic mass is 10.2. The minimum atomic E-state index is -0.564. The zero-order valence-electron chi connectivity index (χ0n) is 5.41. The van der Waals surface area contributed by atoms with E-state index in [-0.39, 0.29) is 0 Å². The summed E-state index contributed by atoms with van der Waals surface area (Å²) in [5.41, 5.74) is 5.28. The Morgan fingerprint density at radius 2 is 2.60 bits per heavy atom. The van der Waals surface area contributed by atoms with Crippen molar-refractivity contribution in [2.75, 3.05) is 0 Å². The van der Waals surface area contributed by atoms with E-state index >= 15 is 0 Å². The van der Waals surface area contributed by atoms with Crippen LogP contribution in [-0.2, 0) is 11.2 Å². The van der Waals surface area contributed by atoms with Crippen LogP contribution in [0.3, 0.4) is 0 Å². The molecule has 0 aliphatic heterocycles. The van der Waals surface area contributed by atoms with Gasteiger partial charge in [-0.05, 0) is 12.1 Å². The van der Waals surface area contributed by atoms with Gasteiger partial charge in [-0.3, -0.25) is 4.79 Å². The summed E-state index contributed by atoms with van der Waals surface area (Å²) in [6.45, 7) is 0. The van der Waals surface area contributed by atoms with Crippen LogP contribution in [0.15, 0.2) is 22.8 Å². The highest BCUT2D eigenvalue weighted by molar-refractivity contribution is 5.58. The maximum atomic E-state index is 9.94. The number of carbonyl (C=O) groups excluding carboxylic acids is 1. The summed E-state index contributed by atoms with van der Waals surface area (Å²) in [6.07, 6.45) is 3.65. The van der Waals surface area contributed by atoms with Crippen LogP contribution in [0, 0.1) is 0 Å². The first-order chi connectivity index (χ1) is 4.83. The highest BCUT2D eigenvalue weighted by Crippen LogP contribution is 2.01. The largest absolute Gasteiger partial charge is 0.469 e. The van der Waals surface area contributed by atoms with Crippen molar-refractivity contribution in [2.45, 2.75) is 12.5 Å². The molecule has 1 aromatic heterocycles. The molecule has 1 aromatic rings. The van der Waals surface area contributed by atoms with Crippen LogP contribution in [0.4, 0.5) is 0 Å².